The molecular formula is C19H15ClN2O3S. The Morgan fingerprint density at radius 2 is 1.77 bits per heavy atom. The van der Waals surface area contributed by atoms with E-state index in [9.17, 15) is 14.7 Å². The molecule has 0 saturated carbocycles. The van der Waals surface area contributed by atoms with Crippen LogP contribution in [0, 0.1) is 6.92 Å². The van der Waals surface area contributed by atoms with E-state index in [0.717, 1.165) is 5.56 Å². The summed E-state index contributed by atoms with van der Waals surface area (Å²) in [5.41, 5.74) is 1.76. The van der Waals surface area contributed by atoms with E-state index in [1.54, 1.807) is 43.3 Å². The fraction of sp³-hybridized carbons (Fsp3) is 0.105. The molecule has 5 nitrogen and oxygen atoms in total. The quantitative estimate of drug-likeness (QED) is 0.684. The van der Waals surface area contributed by atoms with Crippen LogP contribution >= 0.6 is 22.9 Å². The van der Waals surface area contributed by atoms with Crippen LogP contribution in [0.4, 0.5) is 0 Å². The Bertz CT molecular complexity index is 956. The SMILES string of the molecule is Cc1nc(-c2ccccc2Cl)sc1C(=O)N[C@@H](C(=O)O)c1ccccc1. The minimum atomic E-state index is -1.13. The van der Waals surface area contributed by atoms with Crippen LogP contribution in [0.2, 0.25) is 5.02 Å². The van der Waals surface area contributed by atoms with E-state index in [2.05, 4.69) is 10.3 Å². The second-order valence-corrected chi connectivity index (χ2v) is 6.98. The van der Waals surface area contributed by atoms with Crippen LogP contribution in [0.25, 0.3) is 10.6 Å². The van der Waals surface area contributed by atoms with Gasteiger partial charge in [0.25, 0.3) is 5.91 Å². The van der Waals surface area contributed by atoms with Gasteiger partial charge in [0, 0.05) is 5.56 Å². The van der Waals surface area contributed by atoms with Crippen molar-refractivity contribution in [2.45, 2.75) is 13.0 Å². The molecule has 132 valence electrons. The number of aromatic nitrogens is 1. The largest absolute Gasteiger partial charge is 0.479 e. The lowest BCUT2D eigenvalue weighted by Crippen LogP contribution is -2.33. The first-order chi connectivity index (χ1) is 12.5. The summed E-state index contributed by atoms with van der Waals surface area (Å²) in [5.74, 6) is -1.60. The van der Waals surface area contributed by atoms with Crippen LogP contribution in [0.5, 0.6) is 0 Å². The van der Waals surface area contributed by atoms with Gasteiger partial charge in [-0.2, -0.15) is 0 Å². The first kappa shape index (κ1) is 18.1. The maximum atomic E-state index is 12.6. The number of halogens is 1. The van der Waals surface area contributed by atoms with Gasteiger partial charge in [0.05, 0.1) is 10.7 Å². The van der Waals surface area contributed by atoms with Gasteiger partial charge in [-0.25, -0.2) is 9.78 Å². The van der Waals surface area contributed by atoms with Gasteiger partial charge in [0.1, 0.15) is 9.88 Å². The lowest BCUT2D eigenvalue weighted by molar-refractivity contribution is -0.139. The topological polar surface area (TPSA) is 79.3 Å². The average molecular weight is 387 g/mol. The summed E-state index contributed by atoms with van der Waals surface area (Å²) in [6.45, 7) is 1.71. The van der Waals surface area contributed by atoms with Crippen LogP contribution in [0.3, 0.4) is 0 Å². The van der Waals surface area contributed by atoms with Crippen molar-refractivity contribution < 1.29 is 14.7 Å². The Kier molecular flexibility index (Phi) is 5.35. The van der Waals surface area contributed by atoms with Crippen molar-refractivity contribution in [1.82, 2.24) is 10.3 Å². The van der Waals surface area contributed by atoms with E-state index in [4.69, 9.17) is 11.6 Å². The lowest BCUT2D eigenvalue weighted by atomic mass is 10.1. The number of carbonyl (C=O) groups excluding carboxylic acids is 1. The third-order valence-electron chi connectivity index (χ3n) is 3.76. The van der Waals surface area contributed by atoms with Gasteiger partial charge in [0.15, 0.2) is 6.04 Å². The summed E-state index contributed by atoms with van der Waals surface area (Å²) in [6.07, 6.45) is 0. The zero-order valence-electron chi connectivity index (χ0n) is 13.8. The van der Waals surface area contributed by atoms with Gasteiger partial charge in [-0.05, 0) is 18.6 Å². The number of carboxylic acid groups (broad SMARTS) is 1. The maximum Gasteiger partial charge on any atom is 0.330 e. The second kappa shape index (κ2) is 7.68. The fourth-order valence-corrected chi connectivity index (χ4v) is 3.78. The number of aliphatic carboxylic acids is 1. The molecule has 3 aromatic rings. The predicted molar refractivity (Wildman–Crippen MR) is 102 cm³/mol. The van der Waals surface area contributed by atoms with Crippen molar-refractivity contribution in [3.63, 3.8) is 0 Å². The second-order valence-electron chi connectivity index (χ2n) is 5.57. The van der Waals surface area contributed by atoms with Crippen molar-refractivity contribution in [2.75, 3.05) is 0 Å². The molecule has 2 N–H and O–H groups in total. The number of aryl methyl sites for hydroxylation is 1. The molecule has 0 aliphatic heterocycles. The molecule has 1 heterocycles. The number of hydrogen-bond donors (Lipinski definition) is 2. The monoisotopic (exact) mass is 386 g/mol. The molecule has 0 radical (unpaired) electrons. The Balaban J connectivity index is 1.88. The van der Waals surface area contributed by atoms with Crippen molar-refractivity contribution in [2.24, 2.45) is 0 Å². The number of thiazole rings is 1. The highest BCUT2D eigenvalue weighted by atomic mass is 35.5. The molecule has 0 saturated heterocycles. The van der Waals surface area contributed by atoms with E-state index >= 15 is 0 Å². The van der Waals surface area contributed by atoms with Crippen LogP contribution in [-0.4, -0.2) is 22.0 Å². The van der Waals surface area contributed by atoms with Crippen LogP contribution in [0.15, 0.2) is 54.6 Å². The molecule has 1 amide bonds. The molecule has 26 heavy (non-hydrogen) atoms. The Morgan fingerprint density at radius 3 is 2.42 bits per heavy atom. The van der Waals surface area contributed by atoms with Crippen molar-refractivity contribution in [3.05, 3.63) is 75.8 Å². The van der Waals surface area contributed by atoms with E-state index in [1.165, 1.54) is 11.3 Å². The molecule has 0 spiro atoms. The van der Waals surface area contributed by atoms with E-state index in [1.807, 2.05) is 18.2 Å². The molecule has 2 aromatic carbocycles. The highest BCUT2D eigenvalue weighted by Crippen LogP contribution is 2.33. The molecule has 7 heteroatoms. The lowest BCUT2D eigenvalue weighted by Gasteiger charge is -2.14. The summed E-state index contributed by atoms with van der Waals surface area (Å²) < 4.78 is 0. The van der Waals surface area contributed by atoms with Crippen LogP contribution < -0.4 is 5.32 Å². The minimum Gasteiger partial charge on any atom is -0.479 e. The number of carboxylic acids is 1. The van der Waals surface area contributed by atoms with Gasteiger partial charge in [-0.1, -0.05) is 60.1 Å². The number of carbonyl (C=O) groups is 2. The molecule has 0 unspecified atom stereocenters. The summed E-state index contributed by atoms with van der Waals surface area (Å²) in [6, 6.07) is 14.7. The third-order valence-corrected chi connectivity index (χ3v) is 5.28. The summed E-state index contributed by atoms with van der Waals surface area (Å²) in [5, 5.41) is 13.2. The molecule has 0 bridgehead atoms. The first-order valence-electron chi connectivity index (χ1n) is 7.78. The van der Waals surface area contributed by atoms with Gasteiger partial charge < -0.3 is 10.4 Å². The van der Waals surface area contributed by atoms with Gasteiger partial charge in [-0.15, -0.1) is 11.3 Å². The molecule has 1 atom stereocenters. The van der Waals surface area contributed by atoms with E-state index in [0.29, 0.717) is 26.2 Å². The third kappa shape index (κ3) is 3.76. The number of amides is 1. The number of hydrogen-bond acceptors (Lipinski definition) is 4. The Hall–Kier alpha value is -2.70. The van der Waals surface area contributed by atoms with E-state index < -0.39 is 17.9 Å². The Morgan fingerprint density at radius 1 is 1.12 bits per heavy atom. The van der Waals surface area contributed by atoms with Crippen molar-refractivity contribution >= 4 is 34.8 Å². The highest BCUT2D eigenvalue weighted by molar-refractivity contribution is 7.17. The summed E-state index contributed by atoms with van der Waals surface area (Å²) in [7, 11) is 0. The number of rotatable bonds is 5. The zero-order valence-corrected chi connectivity index (χ0v) is 15.3. The molecule has 0 aliphatic carbocycles. The Labute approximate surface area is 159 Å². The fourth-order valence-electron chi connectivity index (χ4n) is 2.49. The molecule has 0 fully saturated rings. The van der Waals surface area contributed by atoms with Crippen molar-refractivity contribution in [3.8, 4) is 10.6 Å². The summed E-state index contributed by atoms with van der Waals surface area (Å²) in [4.78, 5) is 29.0. The zero-order chi connectivity index (χ0) is 18.7. The van der Waals surface area contributed by atoms with E-state index in [-0.39, 0.29) is 0 Å². The minimum absolute atomic E-state index is 0.363. The smallest absolute Gasteiger partial charge is 0.330 e. The van der Waals surface area contributed by atoms with Crippen LogP contribution in [-0.2, 0) is 4.79 Å². The molecule has 3 rings (SSSR count). The molecular weight excluding hydrogens is 372 g/mol. The molecule has 1 aromatic heterocycles. The number of benzene rings is 2. The normalized spacial score (nSPS) is 11.8. The molecule has 0 aliphatic rings. The van der Waals surface area contributed by atoms with Crippen LogP contribution in [0.1, 0.15) is 27.0 Å². The average Bonchev–Trinajstić information content (AvgIpc) is 3.02. The van der Waals surface area contributed by atoms with Gasteiger partial charge in [0.2, 0.25) is 0 Å². The predicted octanol–water partition coefficient (Wildman–Crippen LogP) is 4.33. The summed E-state index contributed by atoms with van der Waals surface area (Å²) >= 11 is 7.38. The highest BCUT2D eigenvalue weighted by Gasteiger charge is 2.25. The maximum absolute atomic E-state index is 12.6. The van der Waals surface area contributed by atoms with Gasteiger partial charge in [-0.3, -0.25) is 4.79 Å². The first-order valence-corrected chi connectivity index (χ1v) is 8.97. The number of nitrogens with one attached hydrogen (secondary N) is 1. The standard InChI is InChI=1S/C19H15ClN2O3S/c1-11-16(26-18(21-11)13-9-5-6-10-14(13)20)17(23)22-15(19(24)25)12-7-3-2-4-8-12/h2-10,15H,1H3,(H,22,23)(H,24,25)/t15-/m1/s1. The van der Waals surface area contributed by atoms with Crippen molar-refractivity contribution in [1.29, 1.82) is 0 Å². The van der Waals surface area contributed by atoms with Gasteiger partial charge >= 0.3 is 5.97 Å². The number of nitrogens with zero attached hydrogens (tertiary/aromatic N) is 1.